The summed E-state index contributed by atoms with van der Waals surface area (Å²) in [7, 11) is 0. The largest absolute Gasteiger partial charge is 0.484 e. The third-order valence-corrected chi connectivity index (χ3v) is 4.33. The molecule has 27 heavy (non-hydrogen) atoms. The van der Waals surface area contributed by atoms with Gasteiger partial charge in [-0.3, -0.25) is 9.59 Å². The van der Waals surface area contributed by atoms with Crippen LogP contribution in [0, 0.1) is 0 Å². The van der Waals surface area contributed by atoms with E-state index in [-0.39, 0.29) is 11.4 Å². The first-order chi connectivity index (χ1) is 12.8. The van der Waals surface area contributed by atoms with Crippen molar-refractivity contribution < 1.29 is 33.8 Å². The normalized spacial score (nSPS) is 13.8. The maximum Gasteiger partial charge on any atom is 0.339 e. The first-order valence-corrected chi connectivity index (χ1v) is 8.30. The van der Waals surface area contributed by atoms with Gasteiger partial charge in [-0.05, 0) is 37.0 Å². The molecule has 0 aliphatic heterocycles. The van der Waals surface area contributed by atoms with E-state index >= 15 is 0 Å². The summed E-state index contributed by atoms with van der Waals surface area (Å²) >= 11 is 0. The van der Waals surface area contributed by atoms with Crippen LogP contribution in [0.1, 0.15) is 24.0 Å². The quantitative estimate of drug-likeness (QED) is 0.600. The predicted octanol–water partition coefficient (Wildman–Crippen LogP) is 0.705. The molecule has 1 amide bonds. The lowest BCUT2D eigenvalue weighted by atomic mass is 10.1. The van der Waals surface area contributed by atoms with Crippen LogP contribution in [0.3, 0.4) is 0 Å². The van der Waals surface area contributed by atoms with Gasteiger partial charge in [0.25, 0.3) is 5.91 Å². The average molecular weight is 375 g/mol. The lowest BCUT2D eigenvalue weighted by Gasteiger charge is -2.13. The Morgan fingerprint density at radius 3 is 2.63 bits per heavy atom. The third kappa shape index (κ3) is 4.08. The number of rotatable bonds is 7. The van der Waals surface area contributed by atoms with Crippen molar-refractivity contribution in [2.45, 2.75) is 31.7 Å². The van der Waals surface area contributed by atoms with Crippen molar-refractivity contribution in [3.8, 4) is 5.75 Å². The molecule has 0 saturated carbocycles. The van der Waals surface area contributed by atoms with E-state index in [9.17, 15) is 19.2 Å². The number of hydrogen-bond donors (Lipinski definition) is 3. The van der Waals surface area contributed by atoms with Gasteiger partial charge in [0.2, 0.25) is 0 Å². The molecule has 0 spiro atoms. The highest BCUT2D eigenvalue weighted by molar-refractivity contribution is 5.87. The van der Waals surface area contributed by atoms with E-state index in [2.05, 4.69) is 5.32 Å². The summed E-state index contributed by atoms with van der Waals surface area (Å²) in [6, 6.07) is 3.32. The summed E-state index contributed by atoms with van der Waals surface area (Å²) in [4.78, 5) is 45.4. The van der Waals surface area contributed by atoms with Crippen LogP contribution in [0.5, 0.6) is 5.75 Å². The van der Waals surface area contributed by atoms with Crippen molar-refractivity contribution in [1.82, 2.24) is 5.32 Å². The third-order valence-electron chi connectivity index (χ3n) is 4.33. The molecule has 0 bridgehead atoms. The van der Waals surface area contributed by atoms with Gasteiger partial charge in [0, 0.05) is 17.0 Å². The van der Waals surface area contributed by atoms with Crippen LogP contribution in [-0.2, 0) is 27.2 Å². The minimum Gasteiger partial charge on any atom is -0.484 e. The molecule has 0 radical (unpaired) electrons. The SMILES string of the molecule is O=C(O)CC(NC(=O)COc1ccc2c3c(c(=O)oc2c1)CCC3)C(=O)O. The molecule has 1 aliphatic carbocycles. The number of carbonyl (C=O) groups is 3. The Kier molecular flexibility index (Phi) is 5.11. The number of hydrogen-bond acceptors (Lipinski definition) is 6. The molecular weight excluding hydrogens is 358 g/mol. The number of nitrogens with one attached hydrogen (secondary N) is 1. The van der Waals surface area contributed by atoms with E-state index in [0.717, 1.165) is 23.8 Å². The standard InChI is InChI=1S/C18H17NO8/c20-15(19-13(17(23)24)7-16(21)22)8-26-9-4-5-11-10-2-1-3-12(10)18(25)27-14(11)6-9/h4-6,13H,1-3,7-8H2,(H,19,20)(H,21,22)(H,23,24). The van der Waals surface area contributed by atoms with Crippen LogP contribution in [0.15, 0.2) is 27.4 Å². The molecule has 3 rings (SSSR count). The second kappa shape index (κ2) is 7.48. The Morgan fingerprint density at radius 1 is 1.19 bits per heavy atom. The van der Waals surface area contributed by atoms with Gasteiger partial charge in [0.05, 0.1) is 6.42 Å². The molecule has 2 aromatic rings. The molecule has 3 N–H and O–H groups in total. The summed E-state index contributed by atoms with van der Waals surface area (Å²) < 4.78 is 10.6. The van der Waals surface area contributed by atoms with Crippen molar-refractivity contribution in [3.63, 3.8) is 0 Å². The van der Waals surface area contributed by atoms with E-state index < -0.39 is 36.9 Å². The summed E-state index contributed by atoms with van der Waals surface area (Å²) in [6.07, 6.45) is 1.67. The van der Waals surface area contributed by atoms with E-state index in [1.807, 2.05) is 0 Å². The van der Waals surface area contributed by atoms with Gasteiger partial charge in [0.1, 0.15) is 17.4 Å². The van der Waals surface area contributed by atoms with Crippen molar-refractivity contribution in [1.29, 1.82) is 0 Å². The highest BCUT2D eigenvalue weighted by Crippen LogP contribution is 2.29. The van der Waals surface area contributed by atoms with Crippen LogP contribution in [-0.4, -0.2) is 40.7 Å². The lowest BCUT2D eigenvalue weighted by Crippen LogP contribution is -2.44. The van der Waals surface area contributed by atoms with Gasteiger partial charge in [-0.1, -0.05) is 0 Å². The predicted molar refractivity (Wildman–Crippen MR) is 91.8 cm³/mol. The Bertz CT molecular complexity index is 977. The lowest BCUT2D eigenvalue weighted by molar-refractivity contribution is -0.147. The van der Waals surface area contributed by atoms with Gasteiger partial charge in [-0.25, -0.2) is 9.59 Å². The molecule has 1 aromatic heterocycles. The number of benzene rings is 1. The smallest absolute Gasteiger partial charge is 0.339 e. The van der Waals surface area contributed by atoms with Crippen LogP contribution in [0.2, 0.25) is 0 Å². The van der Waals surface area contributed by atoms with Crippen LogP contribution < -0.4 is 15.7 Å². The zero-order chi connectivity index (χ0) is 19.6. The zero-order valence-electron chi connectivity index (χ0n) is 14.2. The highest BCUT2D eigenvalue weighted by Gasteiger charge is 2.23. The maximum atomic E-state index is 12.0. The Morgan fingerprint density at radius 2 is 1.93 bits per heavy atom. The fourth-order valence-electron chi connectivity index (χ4n) is 3.11. The van der Waals surface area contributed by atoms with Crippen molar-refractivity contribution >= 4 is 28.8 Å². The molecule has 0 fully saturated rings. The summed E-state index contributed by atoms with van der Waals surface area (Å²) in [6.45, 7) is -0.510. The first kappa shape index (κ1) is 18.4. The fraction of sp³-hybridized carbons (Fsp3) is 0.333. The number of carboxylic acids is 2. The molecule has 1 aliphatic rings. The van der Waals surface area contributed by atoms with Crippen LogP contribution in [0.25, 0.3) is 11.0 Å². The number of carboxylic acid groups (broad SMARTS) is 2. The number of amides is 1. The topological polar surface area (TPSA) is 143 Å². The minimum absolute atomic E-state index is 0.267. The molecule has 142 valence electrons. The monoisotopic (exact) mass is 375 g/mol. The van der Waals surface area contributed by atoms with Gasteiger partial charge in [0.15, 0.2) is 6.61 Å². The van der Waals surface area contributed by atoms with E-state index in [0.29, 0.717) is 17.6 Å². The summed E-state index contributed by atoms with van der Waals surface area (Å²) in [5, 5.41) is 20.5. The van der Waals surface area contributed by atoms with Crippen LogP contribution >= 0.6 is 0 Å². The molecular formula is C18H17NO8. The van der Waals surface area contributed by atoms with E-state index in [1.54, 1.807) is 12.1 Å². The summed E-state index contributed by atoms with van der Waals surface area (Å²) in [5.74, 6) is -3.31. The van der Waals surface area contributed by atoms with Gasteiger partial charge >= 0.3 is 17.6 Å². The van der Waals surface area contributed by atoms with Crippen molar-refractivity contribution in [2.75, 3.05) is 6.61 Å². The first-order valence-electron chi connectivity index (χ1n) is 8.30. The molecule has 0 saturated heterocycles. The number of aryl methyl sites for hydroxylation is 1. The molecule has 9 nitrogen and oxygen atoms in total. The van der Waals surface area contributed by atoms with Crippen molar-refractivity contribution in [3.05, 3.63) is 39.7 Å². The van der Waals surface area contributed by atoms with Gasteiger partial charge in [-0.2, -0.15) is 0 Å². The molecule has 1 heterocycles. The molecule has 1 unspecified atom stereocenters. The number of ether oxygens (including phenoxy) is 1. The molecule has 1 aromatic carbocycles. The Hall–Kier alpha value is -3.36. The Balaban J connectivity index is 1.69. The second-order valence-corrected chi connectivity index (χ2v) is 6.20. The van der Waals surface area contributed by atoms with Crippen LogP contribution in [0.4, 0.5) is 0 Å². The zero-order valence-corrected chi connectivity index (χ0v) is 14.2. The van der Waals surface area contributed by atoms with Crippen molar-refractivity contribution in [2.24, 2.45) is 0 Å². The van der Waals surface area contributed by atoms with E-state index in [4.69, 9.17) is 19.4 Å². The minimum atomic E-state index is -1.55. The Labute approximate surface area is 152 Å². The second-order valence-electron chi connectivity index (χ2n) is 6.20. The average Bonchev–Trinajstić information content (AvgIpc) is 3.09. The highest BCUT2D eigenvalue weighted by atomic mass is 16.5. The number of aliphatic carboxylic acids is 2. The van der Waals surface area contributed by atoms with Gasteiger partial charge < -0.3 is 24.7 Å². The van der Waals surface area contributed by atoms with E-state index in [1.165, 1.54) is 6.07 Å². The fourth-order valence-corrected chi connectivity index (χ4v) is 3.11. The number of carbonyl (C=O) groups excluding carboxylic acids is 1. The van der Waals surface area contributed by atoms with Gasteiger partial charge in [-0.15, -0.1) is 0 Å². The molecule has 1 atom stereocenters. The number of fused-ring (bicyclic) bond motifs is 3. The summed E-state index contributed by atoms with van der Waals surface area (Å²) in [5.41, 5.74) is 1.66. The maximum absolute atomic E-state index is 12.0. The molecule has 9 heteroatoms.